The quantitative estimate of drug-likeness (QED) is 0.878. The number of rotatable bonds is 5. The van der Waals surface area contributed by atoms with Gasteiger partial charge in [0, 0.05) is 30.0 Å². The molecule has 2 aromatic carbocycles. The first-order valence-corrected chi connectivity index (χ1v) is 8.30. The predicted molar refractivity (Wildman–Crippen MR) is 95.1 cm³/mol. The minimum absolute atomic E-state index is 0.0490. The summed E-state index contributed by atoms with van der Waals surface area (Å²) in [6.07, 6.45) is 2.12. The molecule has 6 heteroatoms. The Balaban J connectivity index is 1.51. The molecule has 3 rings (SSSR count). The summed E-state index contributed by atoms with van der Waals surface area (Å²) in [7, 11) is 0. The number of benzene rings is 2. The largest absolute Gasteiger partial charge is 0.376 e. The van der Waals surface area contributed by atoms with E-state index in [1.54, 1.807) is 30.3 Å². The van der Waals surface area contributed by atoms with Gasteiger partial charge in [-0.2, -0.15) is 0 Å². The highest BCUT2D eigenvalue weighted by Gasteiger charge is 2.19. The summed E-state index contributed by atoms with van der Waals surface area (Å²) in [6.45, 7) is 1.69. The van der Waals surface area contributed by atoms with E-state index in [4.69, 9.17) is 0 Å². The number of nitrogens with zero attached hydrogens (tertiary/aromatic N) is 1. The summed E-state index contributed by atoms with van der Waals surface area (Å²) in [5.41, 5.74) is 1.81. The number of hydrogen-bond acceptors (Lipinski definition) is 3. The zero-order valence-electron chi connectivity index (χ0n) is 13.8. The molecule has 0 aromatic heterocycles. The van der Waals surface area contributed by atoms with Gasteiger partial charge < -0.3 is 15.5 Å². The van der Waals surface area contributed by atoms with Crippen LogP contribution in [0.25, 0.3) is 0 Å². The molecule has 1 saturated heterocycles. The molecular formula is C19H20FN3O2. The van der Waals surface area contributed by atoms with Crippen LogP contribution in [-0.2, 0) is 4.79 Å². The zero-order valence-corrected chi connectivity index (χ0v) is 13.8. The lowest BCUT2D eigenvalue weighted by Crippen LogP contribution is -2.27. The Morgan fingerprint density at radius 2 is 1.72 bits per heavy atom. The molecule has 25 heavy (non-hydrogen) atoms. The molecule has 0 saturated carbocycles. The van der Waals surface area contributed by atoms with E-state index in [0.29, 0.717) is 11.3 Å². The fourth-order valence-electron chi connectivity index (χ4n) is 2.79. The SMILES string of the molecule is O=C(CNc1ccc(C(=O)N2CCCC2)cc1)Nc1cccc(F)c1. The first-order valence-electron chi connectivity index (χ1n) is 8.30. The van der Waals surface area contributed by atoms with Crippen molar-refractivity contribution in [3.05, 3.63) is 59.9 Å². The third-order valence-corrected chi connectivity index (χ3v) is 4.09. The van der Waals surface area contributed by atoms with Gasteiger partial charge in [0.25, 0.3) is 5.91 Å². The molecule has 130 valence electrons. The summed E-state index contributed by atoms with van der Waals surface area (Å²) >= 11 is 0. The Morgan fingerprint density at radius 3 is 2.40 bits per heavy atom. The highest BCUT2D eigenvalue weighted by atomic mass is 19.1. The van der Waals surface area contributed by atoms with Crippen molar-refractivity contribution in [1.29, 1.82) is 0 Å². The molecular weight excluding hydrogens is 321 g/mol. The molecule has 0 unspecified atom stereocenters. The maximum Gasteiger partial charge on any atom is 0.253 e. The maximum atomic E-state index is 13.1. The van der Waals surface area contributed by atoms with Crippen molar-refractivity contribution in [2.75, 3.05) is 30.3 Å². The molecule has 1 aliphatic heterocycles. The predicted octanol–water partition coefficient (Wildman–Crippen LogP) is 3.11. The second-order valence-electron chi connectivity index (χ2n) is 5.99. The van der Waals surface area contributed by atoms with Gasteiger partial charge in [-0.1, -0.05) is 6.07 Å². The van der Waals surface area contributed by atoms with E-state index in [2.05, 4.69) is 10.6 Å². The normalized spacial score (nSPS) is 13.6. The zero-order chi connectivity index (χ0) is 17.6. The number of amides is 2. The topological polar surface area (TPSA) is 61.4 Å². The third kappa shape index (κ3) is 4.56. The van der Waals surface area contributed by atoms with Crippen LogP contribution in [0.4, 0.5) is 15.8 Å². The monoisotopic (exact) mass is 341 g/mol. The molecule has 1 heterocycles. The summed E-state index contributed by atoms with van der Waals surface area (Å²) in [5, 5.41) is 5.60. The summed E-state index contributed by atoms with van der Waals surface area (Å²) in [5.74, 6) is -0.625. The number of halogens is 1. The lowest BCUT2D eigenvalue weighted by Gasteiger charge is -2.15. The minimum atomic E-state index is -0.399. The number of anilines is 2. The average Bonchev–Trinajstić information content (AvgIpc) is 3.14. The van der Waals surface area contributed by atoms with Crippen LogP contribution in [0.3, 0.4) is 0 Å². The first kappa shape index (κ1) is 17.0. The number of likely N-dealkylation sites (tertiary alicyclic amines) is 1. The number of hydrogen-bond donors (Lipinski definition) is 2. The van der Waals surface area contributed by atoms with Crippen molar-refractivity contribution in [1.82, 2.24) is 4.90 Å². The molecule has 2 N–H and O–H groups in total. The van der Waals surface area contributed by atoms with E-state index in [9.17, 15) is 14.0 Å². The smallest absolute Gasteiger partial charge is 0.253 e. The third-order valence-electron chi connectivity index (χ3n) is 4.09. The van der Waals surface area contributed by atoms with Crippen LogP contribution in [0.15, 0.2) is 48.5 Å². The summed E-state index contributed by atoms with van der Waals surface area (Å²) < 4.78 is 13.1. The van der Waals surface area contributed by atoms with Crippen molar-refractivity contribution < 1.29 is 14.0 Å². The van der Waals surface area contributed by atoms with Crippen LogP contribution in [0.1, 0.15) is 23.2 Å². The van der Waals surface area contributed by atoms with Crippen LogP contribution < -0.4 is 10.6 Å². The maximum absolute atomic E-state index is 13.1. The van der Waals surface area contributed by atoms with Crippen molar-refractivity contribution in [3.63, 3.8) is 0 Å². The average molecular weight is 341 g/mol. The Labute approximate surface area is 145 Å². The van der Waals surface area contributed by atoms with Gasteiger partial charge in [-0.15, -0.1) is 0 Å². The van der Waals surface area contributed by atoms with Gasteiger partial charge in [-0.25, -0.2) is 4.39 Å². The Bertz CT molecular complexity index is 756. The van der Waals surface area contributed by atoms with Crippen LogP contribution in [-0.4, -0.2) is 36.3 Å². The van der Waals surface area contributed by atoms with Crippen molar-refractivity contribution in [2.45, 2.75) is 12.8 Å². The summed E-state index contributed by atoms with van der Waals surface area (Å²) in [4.78, 5) is 26.0. The molecule has 0 atom stereocenters. The summed E-state index contributed by atoms with van der Waals surface area (Å²) in [6, 6.07) is 12.8. The van der Waals surface area contributed by atoms with Crippen molar-refractivity contribution in [3.8, 4) is 0 Å². The molecule has 1 fully saturated rings. The van der Waals surface area contributed by atoms with Crippen molar-refractivity contribution in [2.24, 2.45) is 0 Å². The van der Waals surface area contributed by atoms with Gasteiger partial charge in [0.05, 0.1) is 6.54 Å². The Morgan fingerprint density at radius 1 is 1.00 bits per heavy atom. The van der Waals surface area contributed by atoms with E-state index in [0.717, 1.165) is 31.6 Å². The number of carbonyl (C=O) groups excluding carboxylic acids is 2. The van der Waals surface area contributed by atoms with E-state index >= 15 is 0 Å². The van der Waals surface area contributed by atoms with Crippen molar-refractivity contribution >= 4 is 23.2 Å². The Hall–Kier alpha value is -2.89. The van der Waals surface area contributed by atoms with Crippen LogP contribution in [0.5, 0.6) is 0 Å². The molecule has 5 nitrogen and oxygen atoms in total. The number of carbonyl (C=O) groups is 2. The van der Waals surface area contributed by atoms with Crippen LogP contribution >= 0.6 is 0 Å². The molecule has 0 radical (unpaired) electrons. The van der Waals surface area contributed by atoms with E-state index in [1.807, 2.05) is 4.90 Å². The van der Waals surface area contributed by atoms with Crippen LogP contribution in [0.2, 0.25) is 0 Å². The molecule has 2 aromatic rings. The number of nitrogens with one attached hydrogen (secondary N) is 2. The molecule has 0 spiro atoms. The van der Waals surface area contributed by atoms with Gasteiger partial charge in [0.15, 0.2) is 0 Å². The molecule has 0 bridgehead atoms. The highest BCUT2D eigenvalue weighted by molar-refractivity contribution is 5.95. The fraction of sp³-hybridized carbons (Fsp3) is 0.263. The second kappa shape index (κ2) is 7.79. The first-order chi connectivity index (χ1) is 12.1. The van der Waals surface area contributed by atoms with E-state index in [1.165, 1.54) is 18.2 Å². The van der Waals surface area contributed by atoms with Gasteiger partial charge in [0.2, 0.25) is 5.91 Å². The molecule has 0 aliphatic carbocycles. The highest BCUT2D eigenvalue weighted by Crippen LogP contribution is 2.15. The van der Waals surface area contributed by atoms with Gasteiger partial charge in [0.1, 0.15) is 5.82 Å². The van der Waals surface area contributed by atoms with Gasteiger partial charge >= 0.3 is 0 Å². The Kier molecular flexibility index (Phi) is 5.28. The standard InChI is InChI=1S/C19H20FN3O2/c20-15-4-3-5-17(12-15)22-18(24)13-21-16-8-6-14(7-9-16)19(25)23-10-1-2-11-23/h3-9,12,21H,1-2,10-11,13H2,(H,22,24). The second-order valence-corrected chi connectivity index (χ2v) is 5.99. The lowest BCUT2D eigenvalue weighted by molar-refractivity contribution is -0.114. The molecule has 2 amide bonds. The van der Waals surface area contributed by atoms with Crippen LogP contribution in [0, 0.1) is 5.82 Å². The van der Waals surface area contributed by atoms with Gasteiger partial charge in [-0.05, 0) is 55.3 Å². The minimum Gasteiger partial charge on any atom is -0.376 e. The van der Waals surface area contributed by atoms with Gasteiger partial charge in [-0.3, -0.25) is 9.59 Å². The van der Waals surface area contributed by atoms with E-state index in [-0.39, 0.29) is 18.4 Å². The fourth-order valence-corrected chi connectivity index (χ4v) is 2.79. The lowest BCUT2D eigenvalue weighted by atomic mass is 10.2. The van der Waals surface area contributed by atoms with E-state index < -0.39 is 5.82 Å². The molecule has 1 aliphatic rings.